The van der Waals surface area contributed by atoms with Crippen LogP contribution in [0.5, 0.6) is 0 Å². The van der Waals surface area contributed by atoms with Gasteiger partial charge >= 0.3 is 5.97 Å². The minimum Gasteiger partial charge on any atom is -0.465 e. The Morgan fingerprint density at radius 1 is 1.24 bits per heavy atom. The number of thiol groups is 1. The molecule has 3 heterocycles. The first-order chi connectivity index (χ1) is 16.3. The highest BCUT2D eigenvalue weighted by molar-refractivity contribution is 7.90. The Kier molecular flexibility index (Phi) is 6.87. The van der Waals surface area contributed by atoms with E-state index in [0.29, 0.717) is 67.3 Å². The fourth-order valence-corrected chi connectivity index (χ4v) is 4.51. The number of aromatic nitrogens is 2. The number of hydrogen-bond donors (Lipinski definition) is 3. The van der Waals surface area contributed by atoms with Gasteiger partial charge in [-0.15, -0.1) is 12.6 Å². The molecule has 1 aromatic carbocycles. The third kappa shape index (κ3) is 4.63. The summed E-state index contributed by atoms with van der Waals surface area (Å²) in [7, 11) is 1.32. The van der Waals surface area contributed by atoms with Crippen LogP contribution in [0.25, 0.3) is 10.6 Å². The van der Waals surface area contributed by atoms with Crippen molar-refractivity contribution in [1.82, 2.24) is 20.4 Å². The fraction of sp³-hybridized carbons (Fsp3) is 0.375. The molecule has 1 amide bonds. The van der Waals surface area contributed by atoms with Crippen LogP contribution in [0.15, 0.2) is 23.2 Å². The van der Waals surface area contributed by atoms with Gasteiger partial charge in [0.15, 0.2) is 5.84 Å². The fourth-order valence-electron chi connectivity index (χ4n) is 4.18. The normalized spacial score (nSPS) is 17.4. The number of benzene rings is 1. The number of carbonyl (C=O) groups is 3. The summed E-state index contributed by atoms with van der Waals surface area (Å²) in [6, 6.07) is 5.08. The van der Waals surface area contributed by atoms with E-state index < -0.39 is 5.97 Å². The van der Waals surface area contributed by atoms with Crippen molar-refractivity contribution in [2.45, 2.75) is 46.1 Å². The molecule has 9 nitrogen and oxygen atoms in total. The number of rotatable bonds is 3. The second-order valence-corrected chi connectivity index (χ2v) is 8.74. The number of ketones is 1. The highest BCUT2D eigenvalue weighted by Crippen LogP contribution is 2.19. The molecular formula is C24H27N5O4S. The molecule has 0 unspecified atom stereocenters. The summed E-state index contributed by atoms with van der Waals surface area (Å²) in [6.45, 7) is 4.68. The van der Waals surface area contributed by atoms with Gasteiger partial charge < -0.3 is 15.4 Å². The monoisotopic (exact) mass is 481 g/mol. The van der Waals surface area contributed by atoms with Crippen molar-refractivity contribution in [3.05, 3.63) is 45.6 Å². The summed E-state index contributed by atoms with van der Waals surface area (Å²) in [5, 5.41) is 12.0. The van der Waals surface area contributed by atoms with Gasteiger partial charge in [0.2, 0.25) is 0 Å². The molecule has 10 heteroatoms. The zero-order valence-corrected chi connectivity index (χ0v) is 20.3. The van der Waals surface area contributed by atoms with E-state index in [9.17, 15) is 14.4 Å². The minimum atomic E-state index is -0.491. The lowest BCUT2D eigenvalue weighted by Crippen LogP contribution is -2.40. The van der Waals surface area contributed by atoms with Crippen molar-refractivity contribution >= 4 is 52.4 Å². The molecule has 0 radical (unpaired) electrons. The maximum Gasteiger partial charge on any atom is 0.337 e. The molecule has 178 valence electrons. The third-order valence-electron chi connectivity index (χ3n) is 5.81. The highest BCUT2D eigenvalue weighted by atomic mass is 32.1. The van der Waals surface area contributed by atoms with Gasteiger partial charge in [-0.05, 0) is 55.0 Å². The Labute approximate surface area is 202 Å². The van der Waals surface area contributed by atoms with E-state index in [2.05, 4.69) is 20.7 Å². The number of aliphatic imine (C=N–C) groups is 1. The molecule has 0 spiro atoms. The van der Waals surface area contributed by atoms with Crippen molar-refractivity contribution in [2.75, 3.05) is 13.7 Å². The standard InChI is InChI=1S/C24H27N5O4S/c1-4-29-18(10-13(2)28-29)23(31)27-22-21-20-16(11-14(24(32)33-3)12-17(20)26-22)19(34)7-5-6-15(30)8-9-25-21/h10-12,25,34H,4-9H2,1-3H3,(H,26,27,31)/b19-16-. The second kappa shape index (κ2) is 9.84. The summed E-state index contributed by atoms with van der Waals surface area (Å²) in [4.78, 5) is 43.1. The number of methoxy groups -OCH3 is 1. The van der Waals surface area contributed by atoms with Crippen LogP contribution in [0.2, 0.25) is 0 Å². The topological polar surface area (TPSA) is 115 Å². The van der Waals surface area contributed by atoms with Crippen LogP contribution in [0.1, 0.15) is 59.1 Å². The molecule has 0 saturated heterocycles. The SMILES string of the molecule is CCn1nc(C)cc1C(=O)NC1=Nc2cc(C(=O)OC)c/c3c2=C1NCCC(=O)CCC/C=3S. The molecule has 0 atom stereocenters. The van der Waals surface area contributed by atoms with Crippen LogP contribution in [0, 0.1) is 6.92 Å². The summed E-state index contributed by atoms with van der Waals surface area (Å²) in [6.07, 6.45) is 2.06. The van der Waals surface area contributed by atoms with E-state index in [1.54, 1.807) is 22.9 Å². The smallest absolute Gasteiger partial charge is 0.337 e. The van der Waals surface area contributed by atoms with Crippen molar-refractivity contribution in [2.24, 2.45) is 4.99 Å². The molecule has 34 heavy (non-hydrogen) atoms. The largest absolute Gasteiger partial charge is 0.465 e. The van der Waals surface area contributed by atoms with E-state index in [4.69, 9.17) is 17.4 Å². The Hall–Kier alpha value is -3.40. The van der Waals surface area contributed by atoms with Gasteiger partial charge in [0.25, 0.3) is 5.91 Å². The quantitative estimate of drug-likeness (QED) is 0.450. The number of aryl methyl sites for hydroxylation is 2. The Bertz CT molecular complexity index is 1340. The van der Waals surface area contributed by atoms with Gasteiger partial charge in [-0.2, -0.15) is 5.10 Å². The number of ether oxygens (including phenoxy) is 1. The summed E-state index contributed by atoms with van der Waals surface area (Å²) < 4.78 is 6.55. The molecule has 2 N–H and O–H groups in total. The number of nitrogens with one attached hydrogen (secondary N) is 2. The number of carbonyl (C=O) groups excluding carboxylic acids is 3. The molecule has 1 aromatic heterocycles. The second-order valence-electron chi connectivity index (χ2n) is 8.20. The lowest BCUT2D eigenvalue weighted by atomic mass is 10.1. The lowest BCUT2D eigenvalue weighted by Gasteiger charge is -2.12. The molecule has 0 fully saturated rings. The number of Topliss-reactive ketones (excluding diaryl/α,β-unsaturated/α-hetero) is 1. The summed E-state index contributed by atoms with van der Waals surface area (Å²) >= 11 is 4.71. The van der Waals surface area contributed by atoms with E-state index in [1.165, 1.54) is 7.11 Å². The number of amides is 1. The van der Waals surface area contributed by atoms with Gasteiger partial charge in [-0.3, -0.25) is 14.3 Å². The van der Waals surface area contributed by atoms with Gasteiger partial charge in [0.05, 0.1) is 29.8 Å². The van der Waals surface area contributed by atoms with Crippen LogP contribution in [-0.2, 0) is 16.1 Å². The summed E-state index contributed by atoms with van der Waals surface area (Å²) in [5.41, 5.74) is 2.61. The molecule has 0 saturated carbocycles. The van der Waals surface area contributed by atoms with Gasteiger partial charge in [-0.1, -0.05) is 0 Å². The summed E-state index contributed by atoms with van der Waals surface area (Å²) in [5.74, 6) is -0.371. The molecule has 0 aliphatic carbocycles. The number of hydrogen-bond acceptors (Lipinski definition) is 8. The van der Waals surface area contributed by atoms with E-state index in [-0.39, 0.29) is 11.7 Å². The maximum atomic E-state index is 13.1. The Balaban J connectivity index is 1.86. The van der Waals surface area contributed by atoms with E-state index in [0.717, 1.165) is 21.0 Å². The Morgan fingerprint density at radius 3 is 2.76 bits per heavy atom. The number of esters is 1. The first-order valence-electron chi connectivity index (χ1n) is 11.2. The van der Waals surface area contributed by atoms with Crippen LogP contribution >= 0.6 is 12.6 Å². The predicted octanol–water partition coefficient (Wildman–Crippen LogP) is 1.35. The van der Waals surface area contributed by atoms with Crippen LogP contribution < -0.4 is 21.1 Å². The molecule has 4 rings (SSSR count). The average molecular weight is 482 g/mol. The zero-order valence-electron chi connectivity index (χ0n) is 19.4. The first-order valence-corrected chi connectivity index (χ1v) is 11.7. The number of nitrogens with zero attached hydrogens (tertiary/aromatic N) is 3. The average Bonchev–Trinajstić information content (AvgIpc) is 3.36. The third-order valence-corrected chi connectivity index (χ3v) is 6.27. The van der Waals surface area contributed by atoms with Crippen LogP contribution in [0.4, 0.5) is 5.69 Å². The lowest BCUT2D eigenvalue weighted by molar-refractivity contribution is -0.119. The predicted molar refractivity (Wildman–Crippen MR) is 132 cm³/mol. The van der Waals surface area contributed by atoms with E-state index in [1.807, 2.05) is 13.8 Å². The maximum absolute atomic E-state index is 13.1. The van der Waals surface area contributed by atoms with Crippen LogP contribution in [0.3, 0.4) is 0 Å². The van der Waals surface area contributed by atoms with E-state index >= 15 is 0 Å². The van der Waals surface area contributed by atoms with Gasteiger partial charge in [-0.25, -0.2) is 9.79 Å². The van der Waals surface area contributed by atoms with Gasteiger partial charge in [0.1, 0.15) is 11.5 Å². The van der Waals surface area contributed by atoms with Gasteiger partial charge in [0, 0.05) is 31.1 Å². The molecule has 2 aliphatic heterocycles. The zero-order chi connectivity index (χ0) is 24.4. The number of amidine groups is 1. The van der Waals surface area contributed by atoms with Crippen molar-refractivity contribution in [1.29, 1.82) is 0 Å². The highest BCUT2D eigenvalue weighted by Gasteiger charge is 2.25. The Morgan fingerprint density at radius 2 is 2.03 bits per heavy atom. The molecular weight excluding hydrogens is 454 g/mol. The van der Waals surface area contributed by atoms with Crippen LogP contribution in [-0.4, -0.2) is 46.9 Å². The van der Waals surface area contributed by atoms with Crippen molar-refractivity contribution in [3.8, 4) is 0 Å². The van der Waals surface area contributed by atoms with Crippen molar-refractivity contribution in [3.63, 3.8) is 0 Å². The minimum absolute atomic E-state index is 0.151. The first kappa shape index (κ1) is 23.7. The van der Waals surface area contributed by atoms with Crippen molar-refractivity contribution < 1.29 is 19.1 Å². The molecule has 2 aromatic rings. The molecule has 0 bridgehead atoms. The molecule has 2 aliphatic rings.